The molecule has 0 saturated carbocycles. The lowest BCUT2D eigenvalue weighted by molar-refractivity contribution is -0.115. The average molecular weight is 461 g/mol. The second-order valence-electron chi connectivity index (χ2n) is 6.62. The van der Waals surface area contributed by atoms with E-state index in [0.717, 1.165) is 5.56 Å². The summed E-state index contributed by atoms with van der Waals surface area (Å²) in [5.74, 6) is -0.539. The molecule has 4 rings (SSSR count). The van der Waals surface area contributed by atoms with Gasteiger partial charge in [0.1, 0.15) is 11.2 Å². The van der Waals surface area contributed by atoms with Gasteiger partial charge in [-0.05, 0) is 54.1 Å². The zero-order valence-electron chi connectivity index (χ0n) is 15.4. The maximum absolute atomic E-state index is 13.7. The molecule has 1 unspecified atom stereocenters. The Morgan fingerprint density at radius 1 is 1.03 bits per heavy atom. The quantitative estimate of drug-likeness (QED) is 0.506. The molecule has 1 N–H and O–H groups in total. The van der Waals surface area contributed by atoms with Crippen molar-refractivity contribution < 1.29 is 14.0 Å². The highest BCUT2D eigenvalue weighted by Crippen LogP contribution is 2.42. The summed E-state index contributed by atoms with van der Waals surface area (Å²) < 4.78 is 13.7. The maximum atomic E-state index is 13.7. The third-order valence-electron chi connectivity index (χ3n) is 4.57. The summed E-state index contributed by atoms with van der Waals surface area (Å²) in [6.07, 6.45) is 0. The Kier molecular flexibility index (Phi) is 5.99. The number of amides is 2. The van der Waals surface area contributed by atoms with Gasteiger partial charge in [-0.25, -0.2) is 4.39 Å². The molecule has 0 aromatic heterocycles. The topological polar surface area (TPSA) is 49.4 Å². The second-order valence-corrected chi connectivity index (χ2v) is 8.50. The fourth-order valence-corrected chi connectivity index (χ4v) is 4.65. The number of carbonyl (C=O) groups excluding carboxylic acids is 2. The van der Waals surface area contributed by atoms with Gasteiger partial charge in [0, 0.05) is 16.9 Å². The largest absolute Gasteiger partial charge is 0.322 e. The van der Waals surface area contributed by atoms with E-state index in [9.17, 15) is 14.0 Å². The summed E-state index contributed by atoms with van der Waals surface area (Å²) in [5, 5.41) is 3.18. The van der Waals surface area contributed by atoms with E-state index in [-0.39, 0.29) is 17.2 Å². The molecule has 3 aromatic rings. The number of anilines is 2. The van der Waals surface area contributed by atoms with E-state index in [4.69, 9.17) is 23.2 Å². The van der Waals surface area contributed by atoms with Gasteiger partial charge >= 0.3 is 0 Å². The molecule has 1 saturated heterocycles. The molecule has 8 heteroatoms. The van der Waals surface area contributed by atoms with E-state index in [1.807, 2.05) is 6.07 Å². The van der Waals surface area contributed by atoms with Crippen molar-refractivity contribution in [1.29, 1.82) is 0 Å². The Morgan fingerprint density at radius 3 is 2.60 bits per heavy atom. The molecule has 1 fully saturated rings. The summed E-state index contributed by atoms with van der Waals surface area (Å²) in [7, 11) is 0. The van der Waals surface area contributed by atoms with Gasteiger partial charge in [-0.3, -0.25) is 14.5 Å². The van der Waals surface area contributed by atoms with Gasteiger partial charge < -0.3 is 5.32 Å². The Bertz CT molecular complexity index is 1140. The van der Waals surface area contributed by atoms with Crippen LogP contribution in [0.25, 0.3) is 0 Å². The van der Waals surface area contributed by atoms with Crippen LogP contribution < -0.4 is 10.2 Å². The van der Waals surface area contributed by atoms with Crippen LogP contribution in [0.15, 0.2) is 66.7 Å². The van der Waals surface area contributed by atoms with Crippen molar-refractivity contribution in [1.82, 2.24) is 0 Å². The zero-order valence-corrected chi connectivity index (χ0v) is 17.8. The average Bonchev–Trinajstić information content (AvgIpc) is 3.11. The Morgan fingerprint density at radius 2 is 1.83 bits per heavy atom. The van der Waals surface area contributed by atoms with E-state index in [0.29, 0.717) is 32.7 Å². The van der Waals surface area contributed by atoms with Crippen LogP contribution in [0, 0.1) is 5.82 Å². The van der Waals surface area contributed by atoms with Crippen molar-refractivity contribution in [2.45, 2.75) is 5.37 Å². The van der Waals surface area contributed by atoms with E-state index >= 15 is 0 Å². The van der Waals surface area contributed by atoms with Crippen molar-refractivity contribution in [2.75, 3.05) is 16.0 Å². The standard InChI is InChI=1S/C22H15Cl2FN2O2S/c23-18-8-7-13(10-19(18)24)21(29)26-16-5-1-3-14(9-16)22-27(20(28)12-30-22)17-6-2-4-15(25)11-17/h1-11,22H,12H2,(H,26,29). The minimum atomic E-state index is -0.404. The Labute approximate surface area is 187 Å². The molecule has 30 heavy (non-hydrogen) atoms. The predicted molar refractivity (Wildman–Crippen MR) is 120 cm³/mol. The molecule has 0 aliphatic carbocycles. The van der Waals surface area contributed by atoms with Crippen LogP contribution in [0.1, 0.15) is 21.3 Å². The first-order valence-corrected chi connectivity index (χ1v) is 10.8. The molecule has 1 heterocycles. The van der Waals surface area contributed by atoms with E-state index in [2.05, 4.69) is 5.32 Å². The molecule has 0 radical (unpaired) electrons. The first-order valence-electron chi connectivity index (χ1n) is 8.98. The Balaban J connectivity index is 1.58. The van der Waals surface area contributed by atoms with Crippen molar-refractivity contribution in [3.05, 3.63) is 93.7 Å². The first kappa shape index (κ1) is 20.7. The number of halogens is 3. The third kappa shape index (κ3) is 4.31. The third-order valence-corrected chi connectivity index (χ3v) is 6.52. The van der Waals surface area contributed by atoms with Gasteiger partial charge in [0.25, 0.3) is 5.91 Å². The molecular formula is C22H15Cl2FN2O2S. The zero-order chi connectivity index (χ0) is 21.3. The molecule has 0 spiro atoms. The highest BCUT2D eigenvalue weighted by atomic mass is 35.5. The summed E-state index contributed by atoms with van der Waals surface area (Å²) in [4.78, 5) is 26.6. The Hall–Kier alpha value is -2.54. The number of hydrogen-bond donors (Lipinski definition) is 1. The lowest BCUT2D eigenvalue weighted by Gasteiger charge is -2.24. The fraction of sp³-hybridized carbons (Fsp3) is 0.0909. The van der Waals surface area contributed by atoms with Gasteiger partial charge in [-0.15, -0.1) is 11.8 Å². The predicted octanol–water partition coefficient (Wildman–Crippen LogP) is 6.16. The number of hydrogen-bond acceptors (Lipinski definition) is 3. The lowest BCUT2D eigenvalue weighted by Crippen LogP contribution is -2.27. The van der Waals surface area contributed by atoms with Gasteiger partial charge in [-0.2, -0.15) is 0 Å². The molecule has 1 atom stereocenters. The second kappa shape index (κ2) is 8.68. The molecule has 0 bridgehead atoms. The monoisotopic (exact) mass is 460 g/mol. The van der Waals surface area contributed by atoms with Crippen LogP contribution in [0.5, 0.6) is 0 Å². The molecule has 4 nitrogen and oxygen atoms in total. The first-order chi connectivity index (χ1) is 14.4. The van der Waals surface area contributed by atoms with Gasteiger partial charge in [-0.1, -0.05) is 41.4 Å². The van der Waals surface area contributed by atoms with Crippen molar-refractivity contribution >= 4 is 58.2 Å². The van der Waals surface area contributed by atoms with Crippen LogP contribution >= 0.6 is 35.0 Å². The number of thioether (sulfide) groups is 1. The van der Waals surface area contributed by atoms with Crippen molar-refractivity contribution in [2.24, 2.45) is 0 Å². The number of nitrogens with one attached hydrogen (secondary N) is 1. The molecule has 1 aliphatic heterocycles. The summed E-state index contributed by atoms with van der Waals surface area (Å²) >= 11 is 13.3. The van der Waals surface area contributed by atoms with Crippen LogP contribution in [0.4, 0.5) is 15.8 Å². The number of carbonyl (C=O) groups is 2. The normalized spacial score (nSPS) is 16.0. The number of rotatable bonds is 4. The number of benzene rings is 3. The van der Waals surface area contributed by atoms with Crippen LogP contribution in [0.3, 0.4) is 0 Å². The van der Waals surface area contributed by atoms with Gasteiger partial charge in [0.15, 0.2) is 0 Å². The van der Waals surface area contributed by atoms with E-state index < -0.39 is 5.82 Å². The number of nitrogens with zero attached hydrogens (tertiary/aromatic N) is 1. The molecular weight excluding hydrogens is 446 g/mol. The smallest absolute Gasteiger partial charge is 0.255 e. The highest BCUT2D eigenvalue weighted by molar-refractivity contribution is 8.00. The molecule has 1 aliphatic rings. The summed E-state index contributed by atoms with van der Waals surface area (Å²) in [5.41, 5.74) is 2.27. The van der Waals surface area contributed by atoms with Crippen LogP contribution in [-0.4, -0.2) is 17.6 Å². The van der Waals surface area contributed by atoms with E-state index in [1.54, 1.807) is 47.4 Å². The van der Waals surface area contributed by atoms with Gasteiger partial charge in [0.2, 0.25) is 5.91 Å². The molecule has 152 valence electrons. The van der Waals surface area contributed by atoms with Crippen molar-refractivity contribution in [3.63, 3.8) is 0 Å². The summed E-state index contributed by atoms with van der Waals surface area (Å²) in [6.45, 7) is 0. The minimum absolute atomic E-state index is 0.0964. The van der Waals surface area contributed by atoms with Crippen LogP contribution in [-0.2, 0) is 4.79 Å². The highest BCUT2D eigenvalue weighted by Gasteiger charge is 2.34. The summed E-state index contributed by atoms with van der Waals surface area (Å²) in [6, 6.07) is 17.8. The SMILES string of the molecule is O=C(Nc1cccc(C2SCC(=O)N2c2cccc(F)c2)c1)c1ccc(Cl)c(Cl)c1. The minimum Gasteiger partial charge on any atom is -0.322 e. The lowest BCUT2D eigenvalue weighted by atomic mass is 10.1. The van der Waals surface area contributed by atoms with Crippen LogP contribution in [0.2, 0.25) is 10.0 Å². The molecule has 3 aromatic carbocycles. The molecule has 2 amide bonds. The van der Waals surface area contributed by atoms with Crippen molar-refractivity contribution in [3.8, 4) is 0 Å². The fourth-order valence-electron chi connectivity index (χ4n) is 3.19. The van der Waals surface area contributed by atoms with E-state index in [1.165, 1.54) is 30.0 Å². The van der Waals surface area contributed by atoms with Gasteiger partial charge in [0.05, 0.1) is 15.8 Å². The maximum Gasteiger partial charge on any atom is 0.255 e.